The number of hydrogen-bond acceptors (Lipinski definition) is 10. The summed E-state index contributed by atoms with van der Waals surface area (Å²) in [6.07, 6.45) is 0. The average molecular weight is 1480 g/mol. The van der Waals surface area contributed by atoms with Gasteiger partial charge in [0.2, 0.25) is 11.4 Å². The number of fused-ring (bicyclic) bond motifs is 18. The summed E-state index contributed by atoms with van der Waals surface area (Å²) >= 11 is 0. The van der Waals surface area contributed by atoms with Crippen LogP contribution in [0.1, 0.15) is 0 Å². The van der Waals surface area contributed by atoms with E-state index in [9.17, 15) is 0 Å². The summed E-state index contributed by atoms with van der Waals surface area (Å²) in [6, 6.07) is 130. The summed E-state index contributed by atoms with van der Waals surface area (Å²) in [7, 11) is 0. The largest absolute Gasteiger partial charge is 0.455 e. The Hall–Kier alpha value is -15.8. The molecule has 0 bridgehead atoms. The van der Waals surface area contributed by atoms with Gasteiger partial charge in [-0.3, -0.25) is 0 Å². The predicted molar refractivity (Wildman–Crippen MR) is 473 cm³/mol. The highest BCUT2D eigenvalue weighted by Crippen LogP contribution is 2.47. The van der Waals surface area contributed by atoms with E-state index in [4.69, 9.17) is 47.6 Å². The van der Waals surface area contributed by atoms with E-state index in [0.29, 0.717) is 23.1 Å². The van der Waals surface area contributed by atoms with Crippen molar-refractivity contribution in [2.45, 2.75) is 0 Å². The molecule has 0 aliphatic carbocycles. The lowest BCUT2D eigenvalue weighted by Crippen LogP contribution is -1.96. The zero-order valence-corrected chi connectivity index (χ0v) is 62.1. The minimum Gasteiger partial charge on any atom is -0.455 e. The van der Waals surface area contributed by atoms with Crippen LogP contribution < -0.4 is 0 Å². The Morgan fingerprint density at radius 3 is 1.10 bits per heavy atom. The van der Waals surface area contributed by atoms with Crippen molar-refractivity contribution in [2.75, 3.05) is 0 Å². The molecule has 540 valence electrons. The molecule has 0 aliphatic heterocycles. The molecule has 0 atom stereocenters. The van der Waals surface area contributed by atoms with Gasteiger partial charge in [0.25, 0.3) is 0 Å². The molecule has 0 saturated heterocycles. The molecule has 16 aromatic carbocycles. The topological polar surface area (TPSA) is 130 Å². The Morgan fingerprint density at radius 2 is 0.543 bits per heavy atom. The van der Waals surface area contributed by atoms with Crippen LogP contribution in [0.2, 0.25) is 0 Å². The van der Waals surface area contributed by atoms with Crippen molar-refractivity contribution in [1.29, 1.82) is 0 Å². The van der Waals surface area contributed by atoms with Crippen LogP contribution >= 0.6 is 0 Å². The fraction of sp³-hybridized carbons (Fsp3) is 0. The Labute approximate surface area is 663 Å². The monoisotopic (exact) mass is 1480 g/mol. The molecule has 0 spiro atoms. The van der Waals surface area contributed by atoms with E-state index < -0.39 is 0 Å². The van der Waals surface area contributed by atoms with Crippen molar-refractivity contribution in [2.24, 2.45) is 0 Å². The second kappa shape index (κ2) is 27.0. The molecule has 10 heteroatoms. The van der Waals surface area contributed by atoms with Crippen LogP contribution in [0.25, 0.3) is 244 Å². The molecule has 24 aromatic rings. The van der Waals surface area contributed by atoms with Crippen LogP contribution in [0.4, 0.5) is 0 Å². The molecule has 0 fully saturated rings. The molecule has 0 aliphatic rings. The van der Waals surface area contributed by atoms with Gasteiger partial charge >= 0.3 is 0 Å². The smallest absolute Gasteiger partial charge is 0.228 e. The summed E-state index contributed by atoms with van der Waals surface area (Å²) in [4.78, 5) is 31.2. The number of furan rings is 4. The van der Waals surface area contributed by atoms with Gasteiger partial charge in [0, 0.05) is 87.6 Å². The van der Waals surface area contributed by atoms with Gasteiger partial charge in [-0.1, -0.05) is 303 Å². The van der Waals surface area contributed by atoms with E-state index in [1.54, 1.807) is 0 Å². The maximum atomic E-state index is 6.51. The fourth-order valence-electron chi connectivity index (χ4n) is 17.2. The first-order chi connectivity index (χ1) is 57.5. The van der Waals surface area contributed by atoms with Crippen molar-refractivity contribution in [3.05, 3.63) is 376 Å². The third-order valence-electron chi connectivity index (χ3n) is 22.6. The Balaban J connectivity index is 0.000000137. The molecule has 8 heterocycles. The summed E-state index contributed by atoms with van der Waals surface area (Å²) in [5.41, 5.74) is 23.5. The minimum absolute atomic E-state index is 0.639. The van der Waals surface area contributed by atoms with Crippen LogP contribution in [0.15, 0.2) is 394 Å². The summed E-state index contributed by atoms with van der Waals surface area (Å²) in [5.74, 6) is 1.31. The van der Waals surface area contributed by atoms with Gasteiger partial charge in [-0.05, 0) is 127 Å². The molecular weight excluding hydrogens is 1420 g/mol. The van der Waals surface area contributed by atoms with Crippen LogP contribution in [0, 0.1) is 0 Å². The zero-order valence-electron chi connectivity index (χ0n) is 62.1. The summed E-state index contributed by atoms with van der Waals surface area (Å²) in [5, 5.41) is 17.5. The maximum Gasteiger partial charge on any atom is 0.228 e. The predicted octanol–water partition coefficient (Wildman–Crippen LogP) is 28.6. The maximum absolute atomic E-state index is 6.51. The lowest BCUT2D eigenvalue weighted by molar-refractivity contribution is 0.654. The standard InChI is InChI=1S/2C53H31N3O2/c1-2-14-32(15-3-1)52-54-45(31-46(55-52)43-25-13-24-42-38-20-8-10-26-47(38)57-51(42)43)34-17-12-16-33(30-34)35-28-29-41(37-19-5-4-18-36(35)37)50-40-22-7-6-21-39(40)49-44-23-9-11-27-48(44)58-53(49)56-50;1-2-14-32(15-3-1)52-54-45(31-46(55-52)42-25-13-24-41-38-20-8-10-26-47(38)57-51(41)42)36-29-33-16-4-5-19-37(33)44(30-36)34-17-12-18-35(28-34)50-40-22-7-6-21-39(40)49-43-23-9-11-27-48(43)58-53(49)56-50/h2*1-31H. The van der Waals surface area contributed by atoms with Gasteiger partial charge in [0.05, 0.1) is 44.9 Å². The van der Waals surface area contributed by atoms with Crippen molar-refractivity contribution in [1.82, 2.24) is 29.9 Å². The molecule has 0 unspecified atom stereocenters. The number of nitrogens with zero attached hydrogens (tertiary/aromatic N) is 6. The third kappa shape index (κ3) is 11.1. The quantitative estimate of drug-likeness (QED) is 0.130. The van der Waals surface area contributed by atoms with Crippen molar-refractivity contribution in [3.63, 3.8) is 0 Å². The van der Waals surface area contributed by atoms with Crippen LogP contribution in [0.5, 0.6) is 0 Å². The molecule has 0 radical (unpaired) electrons. The van der Waals surface area contributed by atoms with Gasteiger partial charge in [-0.25, -0.2) is 29.9 Å². The average Bonchev–Trinajstić information content (AvgIpc) is 1.44. The lowest BCUT2D eigenvalue weighted by atomic mass is 9.91. The van der Waals surface area contributed by atoms with E-state index in [2.05, 4.69) is 273 Å². The van der Waals surface area contributed by atoms with Gasteiger partial charge in [-0.15, -0.1) is 0 Å². The summed E-state index contributed by atoms with van der Waals surface area (Å²) < 4.78 is 25.7. The van der Waals surface area contributed by atoms with Gasteiger partial charge in [-0.2, -0.15) is 0 Å². The van der Waals surface area contributed by atoms with E-state index in [1.807, 2.05) is 103 Å². The van der Waals surface area contributed by atoms with E-state index in [0.717, 1.165) is 221 Å². The SMILES string of the molecule is c1ccc(-c2nc(-c3cc(-c4cccc(-c5nc6oc7ccccc7c6c6ccccc56)c4)c4ccccc4c3)cc(-c3cccc4c3oc3ccccc34)n2)cc1.c1ccc(-c2nc(-c3cccc(-c4ccc(-c5nc6oc7ccccc7c6c6ccccc56)c5ccccc45)c3)cc(-c3cccc4c3oc3ccccc34)n2)cc1. The van der Waals surface area contributed by atoms with Crippen molar-refractivity contribution in [3.8, 4) is 113 Å². The first kappa shape index (κ1) is 66.0. The third-order valence-corrected chi connectivity index (χ3v) is 22.6. The van der Waals surface area contributed by atoms with Crippen LogP contribution in [-0.2, 0) is 0 Å². The normalized spacial score (nSPS) is 11.8. The number of para-hydroxylation sites is 6. The minimum atomic E-state index is 0.639. The number of pyridine rings is 2. The molecule has 0 saturated carbocycles. The van der Waals surface area contributed by atoms with Gasteiger partial charge < -0.3 is 17.7 Å². The first-order valence-corrected chi connectivity index (χ1v) is 38.9. The highest BCUT2D eigenvalue weighted by molar-refractivity contribution is 6.23. The first-order valence-electron chi connectivity index (χ1n) is 38.9. The number of hydrogen-bond donors (Lipinski definition) is 0. The summed E-state index contributed by atoms with van der Waals surface area (Å²) in [6.45, 7) is 0. The molecule has 24 rings (SSSR count). The van der Waals surface area contributed by atoms with E-state index in [1.165, 1.54) is 0 Å². The molecule has 0 amide bonds. The van der Waals surface area contributed by atoms with Crippen LogP contribution in [0.3, 0.4) is 0 Å². The molecule has 116 heavy (non-hydrogen) atoms. The van der Waals surface area contributed by atoms with Crippen molar-refractivity contribution < 1.29 is 17.7 Å². The van der Waals surface area contributed by atoms with Gasteiger partial charge in [0.1, 0.15) is 33.5 Å². The van der Waals surface area contributed by atoms with E-state index >= 15 is 0 Å². The lowest BCUT2D eigenvalue weighted by Gasteiger charge is -2.14. The number of aromatic nitrogens is 6. The Kier molecular flexibility index (Phi) is 15.4. The highest BCUT2D eigenvalue weighted by Gasteiger charge is 2.24. The molecule has 0 N–H and O–H groups in total. The second-order valence-electron chi connectivity index (χ2n) is 29.4. The molecular formula is C106H62N6O4. The number of rotatable bonds is 10. The molecule has 8 aromatic heterocycles. The van der Waals surface area contributed by atoms with Crippen molar-refractivity contribution >= 4 is 131 Å². The fourth-order valence-corrected chi connectivity index (χ4v) is 17.2. The second-order valence-corrected chi connectivity index (χ2v) is 29.4. The zero-order chi connectivity index (χ0) is 76.3. The van der Waals surface area contributed by atoms with Gasteiger partial charge in [0.15, 0.2) is 11.6 Å². The van der Waals surface area contributed by atoms with E-state index in [-0.39, 0.29) is 0 Å². The Bertz CT molecular complexity index is 8120. The Morgan fingerprint density at radius 1 is 0.172 bits per heavy atom. The highest BCUT2D eigenvalue weighted by atomic mass is 16.3. The van der Waals surface area contributed by atoms with Crippen LogP contribution in [-0.4, -0.2) is 29.9 Å². The number of benzene rings is 16. The molecule has 10 nitrogen and oxygen atoms in total.